The molecule has 0 spiro atoms. The molecule has 0 saturated carbocycles. The van der Waals surface area contributed by atoms with Crippen molar-refractivity contribution in [2.45, 2.75) is 59.2 Å². The summed E-state index contributed by atoms with van der Waals surface area (Å²) >= 11 is 0. The minimum atomic E-state index is -0.493. The lowest BCUT2D eigenvalue weighted by molar-refractivity contribution is -0.410. The van der Waals surface area contributed by atoms with E-state index in [1.165, 1.54) is 0 Å². The van der Waals surface area contributed by atoms with Crippen molar-refractivity contribution in [3.05, 3.63) is 89.5 Å². The highest BCUT2D eigenvalue weighted by atomic mass is 17.2. The lowest BCUT2D eigenvalue weighted by Crippen LogP contribution is -2.29. The summed E-state index contributed by atoms with van der Waals surface area (Å²) in [6, 6.07) is 20.2. The molecule has 0 unspecified atom stereocenters. The van der Waals surface area contributed by atoms with Gasteiger partial charge < -0.3 is 4.98 Å². The summed E-state index contributed by atoms with van der Waals surface area (Å²) in [6.45, 7) is 12.1. The summed E-state index contributed by atoms with van der Waals surface area (Å²) in [7, 11) is 0. The highest BCUT2D eigenvalue weighted by Gasteiger charge is 2.29. The predicted octanol–water partition coefficient (Wildman–Crippen LogP) is 6.09. The van der Waals surface area contributed by atoms with Crippen LogP contribution in [0.15, 0.2) is 66.9 Å². The van der Waals surface area contributed by atoms with Gasteiger partial charge in [-0.3, -0.25) is 0 Å². The standard InChI is InChI=1S/C18H22O2.C6H10N2/c1-17(2,15-11-7-5-8-12-15)19-20-18(3,4)16-13-9-6-10-14-16;1-3-6-7-4-5(2)8-6/h5-14H,1-4H3;4H,3H2,1-2H3,(H,7,8). The molecule has 0 radical (unpaired) electrons. The summed E-state index contributed by atoms with van der Waals surface area (Å²) in [5, 5.41) is 0. The van der Waals surface area contributed by atoms with Gasteiger partial charge in [-0.05, 0) is 45.7 Å². The molecule has 0 bridgehead atoms. The fraction of sp³-hybridized carbons (Fsp3) is 0.375. The van der Waals surface area contributed by atoms with Crippen LogP contribution in [0.3, 0.4) is 0 Å². The van der Waals surface area contributed by atoms with Crippen molar-refractivity contribution in [1.29, 1.82) is 0 Å². The van der Waals surface area contributed by atoms with Gasteiger partial charge in [0.05, 0.1) is 0 Å². The molecule has 3 aromatic rings. The molecular formula is C24H32N2O2. The Morgan fingerprint density at radius 3 is 1.50 bits per heavy atom. The smallest absolute Gasteiger partial charge is 0.123 e. The second-order valence-corrected chi connectivity index (χ2v) is 7.79. The maximum Gasteiger partial charge on any atom is 0.123 e. The fourth-order valence-electron chi connectivity index (χ4n) is 2.63. The number of rotatable bonds is 6. The van der Waals surface area contributed by atoms with E-state index in [4.69, 9.17) is 9.78 Å². The molecule has 1 heterocycles. The first-order valence-corrected chi connectivity index (χ1v) is 9.73. The first-order chi connectivity index (χ1) is 13.2. The summed E-state index contributed by atoms with van der Waals surface area (Å²) < 4.78 is 0. The van der Waals surface area contributed by atoms with Gasteiger partial charge in [0.15, 0.2) is 0 Å². The van der Waals surface area contributed by atoms with Crippen LogP contribution in [0, 0.1) is 6.92 Å². The van der Waals surface area contributed by atoms with Crippen molar-refractivity contribution in [2.24, 2.45) is 0 Å². The molecule has 1 aromatic heterocycles. The number of aryl methyl sites for hydroxylation is 2. The first kappa shape index (κ1) is 21.9. The average Bonchev–Trinajstić information content (AvgIpc) is 3.14. The Kier molecular flexibility index (Phi) is 7.55. The lowest BCUT2D eigenvalue weighted by Gasteiger charge is -2.31. The van der Waals surface area contributed by atoms with Crippen molar-refractivity contribution in [1.82, 2.24) is 9.97 Å². The molecule has 4 nitrogen and oxygen atoms in total. The van der Waals surface area contributed by atoms with Crippen LogP contribution in [0.1, 0.15) is 57.3 Å². The molecule has 4 heteroatoms. The largest absolute Gasteiger partial charge is 0.346 e. The number of imidazole rings is 1. The zero-order chi connectivity index (χ0) is 20.6. The monoisotopic (exact) mass is 380 g/mol. The Morgan fingerprint density at radius 1 is 0.786 bits per heavy atom. The van der Waals surface area contributed by atoms with E-state index in [1.54, 1.807) is 0 Å². The second kappa shape index (κ2) is 9.67. The second-order valence-electron chi connectivity index (χ2n) is 7.79. The summed E-state index contributed by atoms with van der Waals surface area (Å²) in [6.07, 6.45) is 2.84. The van der Waals surface area contributed by atoms with E-state index in [2.05, 4.69) is 16.9 Å². The minimum absolute atomic E-state index is 0.493. The van der Waals surface area contributed by atoms with Crippen molar-refractivity contribution in [3.8, 4) is 0 Å². The zero-order valence-corrected chi connectivity index (χ0v) is 17.8. The van der Waals surface area contributed by atoms with Gasteiger partial charge in [-0.25, -0.2) is 14.8 Å². The van der Waals surface area contributed by atoms with E-state index in [0.29, 0.717) is 0 Å². The van der Waals surface area contributed by atoms with Gasteiger partial charge in [-0.2, -0.15) is 0 Å². The summed E-state index contributed by atoms with van der Waals surface area (Å²) in [5.74, 6) is 1.07. The van der Waals surface area contributed by atoms with Gasteiger partial charge >= 0.3 is 0 Å². The molecule has 1 N–H and O–H groups in total. The van der Waals surface area contributed by atoms with Gasteiger partial charge in [0.25, 0.3) is 0 Å². The van der Waals surface area contributed by atoms with Crippen LogP contribution in [0.2, 0.25) is 0 Å². The van der Waals surface area contributed by atoms with Crippen molar-refractivity contribution in [2.75, 3.05) is 0 Å². The van der Waals surface area contributed by atoms with Crippen LogP contribution in [0.25, 0.3) is 0 Å². The van der Waals surface area contributed by atoms with Crippen LogP contribution < -0.4 is 0 Å². The third kappa shape index (κ3) is 6.32. The number of aromatic nitrogens is 2. The first-order valence-electron chi connectivity index (χ1n) is 9.73. The van der Waals surface area contributed by atoms with E-state index in [-0.39, 0.29) is 0 Å². The molecule has 2 aromatic carbocycles. The predicted molar refractivity (Wildman–Crippen MR) is 114 cm³/mol. The number of aromatic amines is 1. The molecular weight excluding hydrogens is 348 g/mol. The molecule has 0 amide bonds. The van der Waals surface area contributed by atoms with Crippen LogP contribution in [-0.2, 0) is 27.4 Å². The highest BCUT2D eigenvalue weighted by Crippen LogP contribution is 2.31. The molecule has 0 aliphatic carbocycles. The Bertz CT molecular complexity index is 773. The van der Waals surface area contributed by atoms with Crippen LogP contribution >= 0.6 is 0 Å². The highest BCUT2D eigenvalue weighted by molar-refractivity contribution is 5.22. The van der Waals surface area contributed by atoms with Gasteiger partial charge in [-0.15, -0.1) is 0 Å². The fourth-order valence-corrected chi connectivity index (χ4v) is 2.63. The third-order valence-corrected chi connectivity index (χ3v) is 4.49. The van der Waals surface area contributed by atoms with E-state index < -0.39 is 11.2 Å². The maximum absolute atomic E-state index is 5.73. The van der Waals surface area contributed by atoms with Crippen LogP contribution in [0.5, 0.6) is 0 Å². The normalized spacial score (nSPS) is 11.6. The summed E-state index contributed by atoms with van der Waals surface area (Å²) in [4.78, 5) is 18.7. The molecule has 0 saturated heterocycles. The van der Waals surface area contributed by atoms with Gasteiger partial charge in [0.1, 0.15) is 17.0 Å². The van der Waals surface area contributed by atoms with Gasteiger partial charge in [-0.1, -0.05) is 67.6 Å². The number of hydrogen-bond acceptors (Lipinski definition) is 3. The Hall–Kier alpha value is -2.43. The lowest BCUT2D eigenvalue weighted by atomic mass is 9.98. The molecule has 0 aliphatic rings. The SMILES string of the molecule is CC(C)(OOC(C)(C)c1ccccc1)c1ccccc1.CCc1ncc(C)[nH]1. The van der Waals surface area contributed by atoms with E-state index >= 15 is 0 Å². The number of nitrogens with one attached hydrogen (secondary N) is 1. The number of H-pyrrole nitrogens is 1. The number of benzene rings is 2. The third-order valence-electron chi connectivity index (χ3n) is 4.49. The van der Waals surface area contributed by atoms with E-state index in [1.807, 2.05) is 101 Å². The van der Waals surface area contributed by atoms with Crippen molar-refractivity contribution in [3.63, 3.8) is 0 Å². The molecule has 3 rings (SSSR count). The van der Waals surface area contributed by atoms with Crippen molar-refractivity contribution >= 4 is 0 Å². The Balaban J connectivity index is 0.000000292. The minimum Gasteiger partial charge on any atom is -0.346 e. The molecule has 0 fully saturated rings. The molecule has 0 aliphatic heterocycles. The van der Waals surface area contributed by atoms with Gasteiger partial charge in [0.2, 0.25) is 0 Å². The molecule has 0 atom stereocenters. The molecule has 150 valence electrons. The van der Waals surface area contributed by atoms with E-state index in [9.17, 15) is 0 Å². The van der Waals surface area contributed by atoms with Crippen LogP contribution in [0.4, 0.5) is 0 Å². The Morgan fingerprint density at radius 2 is 1.21 bits per heavy atom. The van der Waals surface area contributed by atoms with Gasteiger partial charge in [0, 0.05) is 18.3 Å². The average molecular weight is 381 g/mol. The van der Waals surface area contributed by atoms with Crippen LogP contribution in [-0.4, -0.2) is 9.97 Å². The summed E-state index contributed by atoms with van der Waals surface area (Å²) in [5.41, 5.74) is 2.33. The quantitative estimate of drug-likeness (QED) is 0.416. The number of hydrogen-bond donors (Lipinski definition) is 1. The topological polar surface area (TPSA) is 47.1 Å². The van der Waals surface area contributed by atoms with Crippen molar-refractivity contribution < 1.29 is 9.78 Å². The number of nitrogens with zero attached hydrogens (tertiary/aromatic N) is 1. The zero-order valence-electron chi connectivity index (χ0n) is 17.8. The Labute approximate surface area is 168 Å². The van der Waals surface area contributed by atoms with E-state index in [0.717, 1.165) is 29.1 Å². The molecule has 28 heavy (non-hydrogen) atoms. The maximum atomic E-state index is 5.73.